The molecule has 9 heteroatoms. The van der Waals surface area contributed by atoms with Crippen molar-refractivity contribution in [3.63, 3.8) is 0 Å². The topological polar surface area (TPSA) is 77.8 Å². The van der Waals surface area contributed by atoms with Crippen LogP contribution < -0.4 is 10.2 Å². The highest BCUT2D eigenvalue weighted by Crippen LogP contribution is 2.31. The number of methoxy groups -OCH3 is 1. The predicted octanol–water partition coefficient (Wildman–Crippen LogP) is 5.15. The van der Waals surface area contributed by atoms with Gasteiger partial charge in [-0.05, 0) is 54.6 Å². The molecule has 5 aromatic rings. The molecule has 0 radical (unpaired) electrons. The molecule has 0 spiro atoms. The molecule has 0 atom stereocenters. The van der Waals surface area contributed by atoms with E-state index in [1.807, 2.05) is 59.3 Å². The number of aromatic nitrogens is 5. The minimum atomic E-state index is 0.631. The van der Waals surface area contributed by atoms with E-state index in [9.17, 15) is 0 Å². The molecule has 0 unspecified atom stereocenters. The third kappa shape index (κ3) is 3.47. The normalized spacial score (nSPS) is 11.0. The molecule has 7 nitrogen and oxygen atoms in total. The van der Waals surface area contributed by atoms with Gasteiger partial charge in [-0.25, -0.2) is 9.66 Å². The van der Waals surface area contributed by atoms with Gasteiger partial charge < -0.3 is 4.74 Å². The van der Waals surface area contributed by atoms with Crippen LogP contribution in [0.3, 0.4) is 0 Å². The van der Waals surface area contributed by atoms with Crippen LogP contribution in [-0.4, -0.2) is 32.0 Å². The van der Waals surface area contributed by atoms with Crippen LogP contribution in [0, 0.1) is 0 Å². The summed E-state index contributed by atoms with van der Waals surface area (Å²) in [5, 5.41) is 10.2. The van der Waals surface area contributed by atoms with E-state index >= 15 is 0 Å². The largest absolute Gasteiger partial charge is 0.497 e. The van der Waals surface area contributed by atoms with Crippen LogP contribution in [0.25, 0.3) is 33.0 Å². The maximum atomic E-state index is 6.12. The van der Waals surface area contributed by atoms with E-state index < -0.39 is 0 Å². The molecule has 0 aliphatic carbocycles. The monoisotopic (exact) mass is 434 g/mol. The van der Waals surface area contributed by atoms with Crippen LogP contribution in [0.5, 0.6) is 5.75 Å². The molecule has 0 bridgehead atoms. The average molecular weight is 435 g/mol. The second-order valence-corrected chi connectivity index (χ2v) is 7.86. The van der Waals surface area contributed by atoms with Crippen molar-refractivity contribution >= 4 is 38.3 Å². The molecular formula is C21H15ClN6OS. The number of rotatable bonds is 5. The van der Waals surface area contributed by atoms with E-state index in [2.05, 4.69) is 25.6 Å². The number of thiazole rings is 1. The second-order valence-electron chi connectivity index (χ2n) is 6.40. The fourth-order valence-corrected chi connectivity index (χ4v) is 4.17. The Kier molecular flexibility index (Phi) is 4.78. The highest BCUT2D eigenvalue weighted by Gasteiger charge is 2.17. The first kappa shape index (κ1) is 18.5. The lowest BCUT2D eigenvalue weighted by Gasteiger charge is -2.11. The highest BCUT2D eigenvalue weighted by atomic mass is 35.5. The van der Waals surface area contributed by atoms with E-state index in [0.29, 0.717) is 21.8 Å². The van der Waals surface area contributed by atoms with Gasteiger partial charge in [0, 0.05) is 28.5 Å². The van der Waals surface area contributed by atoms with Gasteiger partial charge in [0.1, 0.15) is 5.75 Å². The number of halogens is 1. The lowest BCUT2D eigenvalue weighted by molar-refractivity contribution is 0.415. The van der Waals surface area contributed by atoms with Crippen LogP contribution in [0.2, 0.25) is 5.02 Å². The average Bonchev–Trinajstić information content (AvgIpc) is 3.38. The van der Waals surface area contributed by atoms with Crippen molar-refractivity contribution in [2.75, 3.05) is 12.5 Å². The molecule has 148 valence electrons. The number of pyridine rings is 1. The molecule has 2 aromatic carbocycles. The number of anilines is 1. The fraction of sp³-hybridized carbons (Fsp3) is 0.0476. The first-order valence-corrected chi connectivity index (χ1v) is 10.2. The number of nitrogens with one attached hydrogen (secondary N) is 1. The van der Waals surface area contributed by atoms with Crippen LogP contribution in [0.1, 0.15) is 0 Å². The summed E-state index contributed by atoms with van der Waals surface area (Å²) in [6, 6.07) is 17.1. The molecule has 5 rings (SSSR count). The number of nitrogens with zero attached hydrogens (tertiary/aromatic N) is 5. The van der Waals surface area contributed by atoms with Gasteiger partial charge >= 0.3 is 0 Å². The second kappa shape index (κ2) is 7.74. The van der Waals surface area contributed by atoms with Crippen molar-refractivity contribution in [3.8, 4) is 28.5 Å². The lowest BCUT2D eigenvalue weighted by atomic mass is 10.2. The Balaban J connectivity index is 1.62. The number of hydrogen-bond donors (Lipinski definition) is 1. The van der Waals surface area contributed by atoms with Gasteiger partial charge in [-0.15, -0.1) is 10.2 Å². The van der Waals surface area contributed by atoms with E-state index in [-0.39, 0.29) is 0 Å². The van der Waals surface area contributed by atoms with Crippen molar-refractivity contribution in [2.24, 2.45) is 0 Å². The number of ether oxygens (including phenoxy) is 1. The zero-order chi connectivity index (χ0) is 20.5. The lowest BCUT2D eigenvalue weighted by Crippen LogP contribution is -2.12. The number of benzene rings is 2. The summed E-state index contributed by atoms with van der Waals surface area (Å²) in [6.07, 6.45) is 3.47. The van der Waals surface area contributed by atoms with Gasteiger partial charge in [-0.1, -0.05) is 22.9 Å². The Labute approximate surface area is 180 Å². The molecule has 1 N–H and O–H groups in total. The Morgan fingerprint density at radius 2 is 1.80 bits per heavy atom. The number of fused-ring (bicyclic) bond motifs is 1. The number of hydrogen-bond acceptors (Lipinski definition) is 7. The molecule has 0 fully saturated rings. The summed E-state index contributed by atoms with van der Waals surface area (Å²) in [5.74, 6) is 2.05. The van der Waals surface area contributed by atoms with Crippen LogP contribution in [0.4, 0.5) is 5.13 Å². The van der Waals surface area contributed by atoms with E-state index in [4.69, 9.17) is 16.3 Å². The Hall–Kier alpha value is -3.49. The molecule has 0 saturated heterocycles. The Bertz CT molecular complexity index is 1320. The highest BCUT2D eigenvalue weighted by molar-refractivity contribution is 7.22. The van der Waals surface area contributed by atoms with E-state index in [0.717, 1.165) is 27.1 Å². The molecule has 0 aliphatic rings. The summed E-state index contributed by atoms with van der Waals surface area (Å²) >= 11 is 7.63. The van der Waals surface area contributed by atoms with Crippen molar-refractivity contribution in [2.45, 2.75) is 0 Å². The van der Waals surface area contributed by atoms with Gasteiger partial charge in [0.15, 0.2) is 11.6 Å². The molecule has 0 amide bonds. The van der Waals surface area contributed by atoms with Gasteiger partial charge in [0.2, 0.25) is 5.13 Å². The zero-order valence-electron chi connectivity index (χ0n) is 15.8. The Morgan fingerprint density at radius 3 is 2.53 bits per heavy atom. The van der Waals surface area contributed by atoms with Crippen LogP contribution >= 0.6 is 22.9 Å². The van der Waals surface area contributed by atoms with Crippen LogP contribution in [-0.2, 0) is 0 Å². The molecular weight excluding hydrogens is 420 g/mol. The standard InChI is InChI=1S/C21H15ClN6OS/c1-29-16-7-4-13(5-8-16)19-25-26-20(14-3-2-10-23-12-14)28(19)27-21-24-17-9-6-15(22)11-18(17)30-21/h2-12H,1H3,(H,24,27). The maximum absolute atomic E-state index is 6.12. The van der Waals surface area contributed by atoms with Gasteiger partial charge in [0.05, 0.1) is 17.3 Å². The minimum absolute atomic E-state index is 0.631. The summed E-state index contributed by atoms with van der Waals surface area (Å²) in [7, 11) is 1.64. The molecule has 3 heterocycles. The summed E-state index contributed by atoms with van der Waals surface area (Å²) in [5.41, 5.74) is 5.94. The zero-order valence-corrected chi connectivity index (χ0v) is 17.4. The van der Waals surface area contributed by atoms with E-state index in [1.165, 1.54) is 11.3 Å². The molecule has 0 saturated carbocycles. The SMILES string of the molecule is COc1ccc(-c2nnc(-c3cccnc3)n2Nc2nc3ccc(Cl)cc3s2)cc1. The van der Waals surface area contributed by atoms with Crippen LogP contribution in [0.15, 0.2) is 67.0 Å². The third-order valence-corrected chi connectivity index (χ3v) is 5.65. The maximum Gasteiger partial charge on any atom is 0.203 e. The third-order valence-electron chi connectivity index (χ3n) is 4.49. The first-order chi connectivity index (χ1) is 14.7. The predicted molar refractivity (Wildman–Crippen MR) is 119 cm³/mol. The van der Waals surface area contributed by atoms with Crippen molar-refractivity contribution in [1.82, 2.24) is 24.8 Å². The summed E-state index contributed by atoms with van der Waals surface area (Å²) < 4.78 is 8.07. The van der Waals surface area contributed by atoms with Gasteiger partial charge in [-0.3, -0.25) is 10.4 Å². The molecule has 30 heavy (non-hydrogen) atoms. The van der Waals surface area contributed by atoms with Crippen molar-refractivity contribution < 1.29 is 4.74 Å². The smallest absolute Gasteiger partial charge is 0.203 e. The van der Waals surface area contributed by atoms with Crippen molar-refractivity contribution in [1.29, 1.82) is 0 Å². The Morgan fingerprint density at radius 1 is 1.00 bits per heavy atom. The summed E-state index contributed by atoms with van der Waals surface area (Å²) in [6.45, 7) is 0. The van der Waals surface area contributed by atoms with E-state index in [1.54, 1.807) is 19.5 Å². The summed E-state index contributed by atoms with van der Waals surface area (Å²) in [4.78, 5) is 8.87. The first-order valence-electron chi connectivity index (χ1n) is 9.04. The van der Waals surface area contributed by atoms with Gasteiger partial charge in [-0.2, -0.15) is 0 Å². The molecule has 3 aromatic heterocycles. The van der Waals surface area contributed by atoms with Gasteiger partial charge in [0.25, 0.3) is 0 Å². The quantitative estimate of drug-likeness (QED) is 0.412. The minimum Gasteiger partial charge on any atom is -0.497 e. The fourth-order valence-electron chi connectivity index (χ4n) is 3.04. The van der Waals surface area contributed by atoms with Crippen molar-refractivity contribution in [3.05, 3.63) is 72.0 Å². The molecule has 0 aliphatic heterocycles.